The van der Waals surface area contributed by atoms with E-state index in [4.69, 9.17) is 4.74 Å². The number of aromatic amines is 1. The molecule has 0 radical (unpaired) electrons. The van der Waals surface area contributed by atoms with E-state index in [1.165, 1.54) is 16.3 Å². The van der Waals surface area contributed by atoms with Crippen LogP contribution in [0.1, 0.15) is 24.8 Å². The van der Waals surface area contributed by atoms with Crippen LogP contribution in [0.3, 0.4) is 0 Å². The van der Waals surface area contributed by atoms with Crippen LogP contribution >= 0.6 is 11.8 Å². The van der Waals surface area contributed by atoms with E-state index in [9.17, 15) is 9.59 Å². The quantitative estimate of drug-likeness (QED) is 0.879. The standard InChI is InChI=1S/C12H20N2O3S/c1-7(2)9(17-4)11(18-5)14-6-8(3)10(15)13-12(14)16/h6-7,9,11H,1-5H3,(H,13,15,16)/t9-,11+/m0/s1. The fourth-order valence-corrected chi connectivity index (χ4v) is 2.98. The Hall–Kier alpha value is -1.01. The highest BCUT2D eigenvalue weighted by Gasteiger charge is 2.26. The van der Waals surface area contributed by atoms with E-state index in [0.717, 1.165) is 0 Å². The summed E-state index contributed by atoms with van der Waals surface area (Å²) in [4.78, 5) is 25.6. The molecule has 6 heteroatoms. The molecule has 2 atom stereocenters. The molecule has 1 N–H and O–H groups in total. The largest absolute Gasteiger partial charge is 0.378 e. The normalized spacial score (nSPS) is 14.8. The number of H-pyrrole nitrogens is 1. The van der Waals surface area contributed by atoms with Gasteiger partial charge in [0.05, 0.1) is 6.10 Å². The van der Waals surface area contributed by atoms with Crippen LogP contribution in [-0.4, -0.2) is 29.0 Å². The van der Waals surface area contributed by atoms with Crippen molar-refractivity contribution in [3.05, 3.63) is 32.6 Å². The Kier molecular flexibility index (Phi) is 5.22. The first-order valence-corrected chi connectivity index (χ1v) is 7.08. The second-order valence-electron chi connectivity index (χ2n) is 4.55. The first-order chi connectivity index (χ1) is 8.42. The van der Waals surface area contributed by atoms with Crippen LogP contribution < -0.4 is 11.2 Å². The van der Waals surface area contributed by atoms with Crippen molar-refractivity contribution >= 4 is 11.8 Å². The fraction of sp³-hybridized carbons (Fsp3) is 0.667. The van der Waals surface area contributed by atoms with Crippen molar-refractivity contribution in [2.24, 2.45) is 5.92 Å². The van der Waals surface area contributed by atoms with Gasteiger partial charge >= 0.3 is 5.69 Å². The van der Waals surface area contributed by atoms with Crippen molar-refractivity contribution in [2.75, 3.05) is 13.4 Å². The molecule has 0 unspecified atom stereocenters. The van der Waals surface area contributed by atoms with Crippen molar-refractivity contribution in [3.63, 3.8) is 0 Å². The monoisotopic (exact) mass is 272 g/mol. The number of aromatic nitrogens is 2. The van der Waals surface area contributed by atoms with Gasteiger partial charge in [0.2, 0.25) is 0 Å². The van der Waals surface area contributed by atoms with Gasteiger partial charge in [-0.25, -0.2) is 4.79 Å². The van der Waals surface area contributed by atoms with E-state index in [2.05, 4.69) is 4.98 Å². The minimum Gasteiger partial charge on any atom is -0.378 e. The third kappa shape index (κ3) is 3.05. The summed E-state index contributed by atoms with van der Waals surface area (Å²) in [5.74, 6) is 0.270. The lowest BCUT2D eigenvalue weighted by Crippen LogP contribution is -2.38. The van der Waals surface area contributed by atoms with Gasteiger partial charge in [-0.2, -0.15) is 0 Å². The molecule has 0 amide bonds. The molecule has 0 aliphatic rings. The average Bonchev–Trinajstić information content (AvgIpc) is 2.30. The number of aryl methyl sites for hydroxylation is 1. The first kappa shape index (κ1) is 15.0. The summed E-state index contributed by atoms with van der Waals surface area (Å²) in [6, 6.07) is 0. The molecule has 0 saturated carbocycles. The van der Waals surface area contributed by atoms with E-state index < -0.39 is 5.69 Å². The summed E-state index contributed by atoms with van der Waals surface area (Å²) >= 11 is 1.53. The minimum absolute atomic E-state index is 0.0944. The Morgan fingerprint density at radius 3 is 2.44 bits per heavy atom. The molecule has 0 spiro atoms. The highest BCUT2D eigenvalue weighted by Crippen LogP contribution is 2.28. The van der Waals surface area contributed by atoms with Crippen LogP contribution in [0.2, 0.25) is 0 Å². The lowest BCUT2D eigenvalue weighted by molar-refractivity contribution is 0.0469. The van der Waals surface area contributed by atoms with Crippen molar-refractivity contribution in [3.8, 4) is 0 Å². The van der Waals surface area contributed by atoms with E-state index in [1.807, 2.05) is 20.1 Å². The first-order valence-electron chi connectivity index (χ1n) is 5.80. The second-order valence-corrected chi connectivity index (χ2v) is 5.50. The third-order valence-corrected chi connectivity index (χ3v) is 3.85. The molecule has 18 heavy (non-hydrogen) atoms. The topological polar surface area (TPSA) is 64.1 Å². The second kappa shape index (κ2) is 6.24. The molecule has 0 fully saturated rings. The molecule has 0 bridgehead atoms. The van der Waals surface area contributed by atoms with E-state index in [-0.39, 0.29) is 23.0 Å². The summed E-state index contributed by atoms with van der Waals surface area (Å²) in [5.41, 5.74) is -0.213. The lowest BCUT2D eigenvalue weighted by Gasteiger charge is -2.29. The predicted molar refractivity (Wildman–Crippen MR) is 74.2 cm³/mol. The SMILES string of the molecule is CO[C@@H](C(C)C)[C@@H](SC)n1cc(C)c(=O)[nH]c1=O. The molecule has 0 aliphatic heterocycles. The maximum Gasteiger partial charge on any atom is 0.329 e. The summed E-state index contributed by atoms with van der Waals surface area (Å²) in [7, 11) is 1.64. The molecule has 1 rings (SSSR count). The molecule has 1 heterocycles. The molecule has 0 aromatic carbocycles. The number of rotatable bonds is 5. The number of thioether (sulfide) groups is 1. The Morgan fingerprint density at radius 1 is 1.39 bits per heavy atom. The number of hydrogen-bond acceptors (Lipinski definition) is 4. The lowest BCUT2D eigenvalue weighted by atomic mass is 10.1. The van der Waals surface area contributed by atoms with Gasteiger partial charge in [0, 0.05) is 18.9 Å². The van der Waals surface area contributed by atoms with Gasteiger partial charge in [0.1, 0.15) is 5.37 Å². The number of nitrogens with zero attached hydrogens (tertiary/aromatic N) is 1. The fourth-order valence-electron chi connectivity index (χ4n) is 1.90. The molecular formula is C12H20N2O3S. The van der Waals surface area contributed by atoms with Crippen LogP contribution in [0.15, 0.2) is 15.8 Å². The van der Waals surface area contributed by atoms with Gasteiger partial charge in [-0.1, -0.05) is 13.8 Å². The van der Waals surface area contributed by atoms with Crippen molar-refractivity contribution < 1.29 is 4.74 Å². The third-order valence-electron chi connectivity index (χ3n) is 2.87. The zero-order chi connectivity index (χ0) is 13.9. The van der Waals surface area contributed by atoms with Gasteiger partial charge in [-0.15, -0.1) is 11.8 Å². The Bertz CT molecular complexity index is 507. The zero-order valence-corrected chi connectivity index (χ0v) is 12.2. The van der Waals surface area contributed by atoms with Crippen molar-refractivity contribution in [1.29, 1.82) is 0 Å². The van der Waals surface area contributed by atoms with Crippen LogP contribution in [0, 0.1) is 12.8 Å². The average molecular weight is 272 g/mol. The minimum atomic E-state index is -0.396. The van der Waals surface area contributed by atoms with Crippen molar-refractivity contribution in [2.45, 2.75) is 32.2 Å². The maximum absolute atomic E-state index is 11.9. The van der Waals surface area contributed by atoms with Crippen LogP contribution in [0.25, 0.3) is 0 Å². The van der Waals surface area contributed by atoms with Gasteiger partial charge in [0.25, 0.3) is 5.56 Å². The Morgan fingerprint density at radius 2 is 2.00 bits per heavy atom. The summed E-state index contributed by atoms with van der Waals surface area (Å²) in [5, 5.41) is -0.155. The maximum atomic E-state index is 11.9. The predicted octanol–water partition coefficient (Wildman–Crippen LogP) is 1.38. The van der Waals surface area contributed by atoms with Crippen molar-refractivity contribution in [1.82, 2.24) is 9.55 Å². The highest BCUT2D eigenvalue weighted by atomic mass is 32.2. The molecule has 102 valence electrons. The molecule has 0 saturated heterocycles. The summed E-state index contributed by atoms with van der Waals surface area (Å²) in [6.45, 7) is 5.77. The van der Waals surface area contributed by atoms with Gasteiger partial charge < -0.3 is 4.74 Å². The number of hydrogen-bond donors (Lipinski definition) is 1. The van der Waals surface area contributed by atoms with Gasteiger partial charge in [0.15, 0.2) is 0 Å². The van der Waals surface area contributed by atoms with E-state index in [1.54, 1.807) is 20.2 Å². The Balaban J connectivity index is 3.28. The smallest absolute Gasteiger partial charge is 0.329 e. The van der Waals surface area contributed by atoms with E-state index >= 15 is 0 Å². The zero-order valence-electron chi connectivity index (χ0n) is 11.4. The van der Waals surface area contributed by atoms with Gasteiger partial charge in [-0.3, -0.25) is 14.3 Å². The Labute approximate surface area is 111 Å². The highest BCUT2D eigenvalue weighted by molar-refractivity contribution is 7.98. The summed E-state index contributed by atoms with van der Waals surface area (Å²) in [6.07, 6.45) is 3.42. The molecular weight excluding hydrogens is 252 g/mol. The number of methoxy groups -OCH3 is 1. The van der Waals surface area contributed by atoms with Crippen LogP contribution in [-0.2, 0) is 4.74 Å². The van der Waals surface area contributed by atoms with Gasteiger partial charge in [-0.05, 0) is 19.1 Å². The summed E-state index contributed by atoms with van der Waals surface area (Å²) < 4.78 is 7.01. The number of nitrogens with one attached hydrogen (secondary N) is 1. The molecule has 5 nitrogen and oxygen atoms in total. The van der Waals surface area contributed by atoms with E-state index in [0.29, 0.717) is 5.56 Å². The number of ether oxygens (including phenoxy) is 1. The van der Waals surface area contributed by atoms with Crippen LogP contribution in [0.5, 0.6) is 0 Å². The molecule has 1 aromatic heterocycles. The van der Waals surface area contributed by atoms with Crippen LogP contribution in [0.4, 0.5) is 0 Å². The molecule has 0 aliphatic carbocycles. The molecule has 1 aromatic rings.